The van der Waals surface area contributed by atoms with Crippen molar-refractivity contribution in [3.63, 3.8) is 0 Å². The van der Waals surface area contributed by atoms with E-state index < -0.39 is 0 Å². The predicted octanol–water partition coefficient (Wildman–Crippen LogP) is 1.42. The quantitative estimate of drug-likeness (QED) is 0.597. The van der Waals surface area contributed by atoms with Crippen LogP contribution in [0.1, 0.15) is 13.3 Å². The Morgan fingerprint density at radius 1 is 1.89 bits per heavy atom. The first-order chi connectivity index (χ1) is 4.36. The summed E-state index contributed by atoms with van der Waals surface area (Å²) in [6, 6.07) is 0.360. The smallest absolute Gasteiger partial charge is 0.136 e. The Morgan fingerprint density at radius 3 is 3.00 bits per heavy atom. The molecule has 0 saturated heterocycles. The Balaban J connectivity index is 2.40. The molecule has 0 fully saturated rings. The van der Waals surface area contributed by atoms with Gasteiger partial charge in [-0.15, -0.1) is 11.6 Å². The van der Waals surface area contributed by atoms with E-state index in [0.29, 0.717) is 11.9 Å². The molecule has 0 aromatic heterocycles. The van der Waals surface area contributed by atoms with Gasteiger partial charge in [-0.2, -0.15) is 5.48 Å². The fraction of sp³-hybridized carbons (Fsp3) is 0.667. The maximum atomic E-state index is 5.50. The van der Waals surface area contributed by atoms with Crippen LogP contribution in [0.5, 0.6) is 0 Å². The molecule has 1 aliphatic heterocycles. The summed E-state index contributed by atoms with van der Waals surface area (Å²) in [5.74, 6) is 1.30. The second-order valence-electron chi connectivity index (χ2n) is 2.00. The van der Waals surface area contributed by atoms with Gasteiger partial charge in [0.25, 0.3) is 0 Å². The van der Waals surface area contributed by atoms with Gasteiger partial charge in [0.1, 0.15) is 5.76 Å². The molecule has 1 heterocycles. The summed E-state index contributed by atoms with van der Waals surface area (Å²) in [6.07, 6.45) is 3.05. The van der Waals surface area contributed by atoms with Gasteiger partial charge in [-0.05, 0) is 12.5 Å². The number of hydrogen-bond donors (Lipinski definition) is 1. The molecule has 1 rings (SSSR count). The third-order valence-corrected chi connectivity index (χ3v) is 1.56. The van der Waals surface area contributed by atoms with Crippen molar-refractivity contribution in [3.05, 3.63) is 11.8 Å². The second kappa shape index (κ2) is 3.08. The van der Waals surface area contributed by atoms with Gasteiger partial charge in [-0.25, -0.2) is 0 Å². The molecule has 0 radical (unpaired) electrons. The van der Waals surface area contributed by atoms with E-state index in [-0.39, 0.29) is 0 Å². The van der Waals surface area contributed by atoms with E-state index in [2.05, 4.69) is 12.4 Å². The normalized spacial score (nSPS) is 25.6. The Morgan fingerprint density at radius 2 is 2.67 bits per heavy atom. The van der Waals surface area contributed by atoms with Gasteiger partial charge in [-0.1, -0.05) is 6.92 Å². The van der Waals surface area contributed by atoms with E-state index in [1.165, 1.54) is 0 Å². The van der Waals surface area contributed by atoms with Gasteiger partial charge in [0, 0.05) is 0 Å². The van der Waals surface area contributed by atoms with Crippen molar-refractivity contribution in [2.75, 3.05) is 5.88 Å². The molecule has 0 amide bonds. The second-order valence-corrected chi connectivity index (χ2v) is 2.27. The molecule has 1 N–H and O–H groups in total. The van der Waals surface area contributed by atoms with Crippen LogP contribution in [-0.4, -0.2) is 11.9 Å². The topological polar surface area (TPSA) is 21.3 Å². The number of allylic oxidation sites excluding steroid dienone is 1. The molecule has 1 unspecified atom stereocenters. The zero-order chi connectivity index (χ0) is 6.69. The van der Waals surface area contributed by atoms with Gasteiger partial charge in [0.15, 0.2) is 0 Å². The third-order valence-electron chi connectivity index (χ3n) is 1.30. The average molecular weight is 148 g/mol. The van der Waals surface area contributed by atoms with E-state index >= 15 is 0 Å². The van der Waals surface area contributed by atoms with Crippen LogP contribution in [0.4, 0.5) is 0 Å². The highest BCUT2D eigenvalue weighted by Gasteiger charge is 2.12. The molecule has 1 aliphatic rings. The highest BCUT2D eigenvalue weighted by Crippen LogP contribution is 2.09. The van der Waals surface area contributed by atoms with Gasteiger partial charge in [0.05, 0.1) is 11.9 Å². The van der Waals surface area contributed by atoms with E-state index in [9.17, 15) is 0 Å². The molecule has 0 spiro atoms. The summed E-state index contributed by atoms with van der Waals surface area (Å²) >= 11 is 5.50. The van der Waals surface area contributed by atoms with E-state index in [1.807, 2.05) is 6.08 Å². The van der Waals surface area contributed by atoms with Crippen molar-refractivity contribution >= 4 is 11.6 Å². The minimum atomic E-state index is 0.360. The lowest BCUT2D eigenvalue weighted by atomic mass is 10.2. The van der Waals surface area contributed by atoms with Crippen LogP contribution >= 0.6 is 11.6 Å². The largest absolute Gasteiger partial charge is 0.412 e. The number of halogens is 1. The predicted molar refractivity (Wildman–Crippen MR) is 37.1 cm³/mol. The molecular weight excluding hydrogens is 138 g/mol. The van der Waals surface area contributed by atoms with Crippen LogP contribution in [0.3, 0.4) is 0 Å². The van der Waals surface area contributed by atoms with Gasteiger partial charge in [0.2, 0.25) is 0 Å². The zero-order valence-electron chi connectivity index (χ0n) is 5.36. The van der Waals surface area contributed by atoms with Crippen LogP contribution < -0.4 is 5.48 Å². The summed E-state index contributed by atoms with van der Waals surface area (Å²) in [7, 11) is 0. The third kappa shape index (κ3) is 1.60. The number of rotatable bonds is 2. The summed E-state index contributed by atoms with van der Waals surface area (Å²) in [5.41, 5.74) is 2.83. The first-order valence-corrected chi connectivity index (χ1v) is 3.59. The van der Waals surface area contributed by atoms with Crippen molar-refractivity contribution in [2.45, 2.75) is 19.4 Å². The standard InChI is InChI=1S/C6H10ClNO/c1-2-5-3-6(4-7)9-8-5/h3,5,8H,2,4H2,1H3. The molecular formula is C6H10ClNO. The van der Waals surface area contributed by atoms with E-state index in [4.69, 9.17) is 16.4 Å². The minimum Gasteiger partial charge on any atom is -0.412 e. The minimum absolute atomic E-state index is 0.360. The summed E-state index contributed by atoms with van der Waals surface area (Å²) in [5, 5.41) is 0. The number of nitrogens with one attached hydrogen (secondary N) is 1. The van der Waals surface area contributed by atoms with Crippen LogP contribution in [-0.2, 0) is 4.84 Å². The van der Waals surface area contributed by atoms with Gasteiger partial charge < -0.3 is 4.84 Å². The molecule has 3 heteroatoms. The highest BCUT2D eigenvalue weighted by molar-refractivity contribution is 6.19. The molecule has 0 aromatic rings. The molecule has 0 saturated carbocycles. The lowest BCUT2D eigenvalue weighted by Crippen LogP contribution is -2.19. The van der Waals surface area contributed by atoms with Crippen molar-refractivity contribution < 1.29 is 4.84 Å². The number of hydroxylamine groups is 1. The Labute approximate surface area is 59.8 Å². The van der Waals surface area contributed by atoms with Gasteiger partial charge in [-0.3, -0.25) is 0 Å². The lowest BCUT2D eigenvalue weighted by Gasteiger charge is -2.01. The van der Waals surface area contributed by atoms with Crippen LogP contribution in [0, 0.1) is 0 Å². The maximum Gasteiger partial charge on any atom is 0.136 e. The molecule has 0 bridgehead atoms. The Hall–Kier alpha value is -0.210. The van der Waals surface area contributed by atoms with Crippen LogP contribution in [0.15, 0.2) is 11.8 Å². The summed E-state index contributed by atoms with van der Waals surface area (Å²) in [4.78, 5) is 4.98. The van der Waals surface area contributed by atoms with Crippen molar-refractivity contribution in [3.8, 4) is 0 Å². The fourth-order valence-electron chi connectivity index (χ4n) is 0.717. The van der Waals surface area contributed by atoms with Crippen molar-refractivity contribution in [1.29, 1.82) is 0 Å². The SMILES string of the molecule is CCC1C=C(CCl)ON1. The number of alkyl halides is 1. The molecule has 1 atom stereocenters. The Bertz CT molecular complexity index is 124. The fourth-order valence-corrected chi connectivity index (χ4v) is 0.860. The maximum absolute atomic E-state index is 5.50. The van der Waals surface area contributed by atoms with Crippen LogP contribution in [0.25, 0.3) is 0 Å². The lowest BCUT2D eigenvalue weighted by molar-refractivity contribution is 0.117. The molecule has 0 aliphatic carbocycles. The van der Waals surface area contributed by atoms with E-state index in [0.717, 1.165) is 12.2 Å². The van der Waals surface area contributed by atoms with Crippen LogP contribution in [0.2, 0.25) is 0 Å². The average Bonchev–Trinajstić information content (AvgIpc) is 2.34. The van der Waals surface area contributed by atoms with Crippen molar-refractivity contribution in [2.24, 2.45) is 0 Å². The molecule has 0 aromatic carbocycles. The zero-order valence-corrected chi connectivity index (χ0v) is 6.11. The summed E-state index contributed by atoms with van der Waals surface area (Å²) in [6.45, 7) is 2.09. The highest BCUT2D eigenvalue weighted by atomic mass is 35.5. The first kappa shape index (κ1) is 6.90. The summed E-state index contributed by atoms with van der Waals surface area (Å²) < 4.78 is 0. The first-order valence-electron chi connectivity index (χ1n) is 3.06. The molecule has 52 valence electrons. The number of hydrogen-bond acceptors (Lipinski definition) is 2. The Kier molecular flexibility index (Phi) is 2.37. The molecule has 9 heavy (non-hydrogen) atoms. The molecule has 2 nitrogen and oxygen atoms in total. The van der Waals surface area contributed by atoms with Gasteiger partial charge >= 0.3 is 0 Å². The monoisotopic (exact) mass is 147 g/mol. The van der Waals surface area contributed by atoms with E-state index in [1.54, 1.807) is 0 Å². The van der Waals surface area contributed by atoms with Crippen molar-refractivity contribution in [1.82, 2.24) is 5.48 Å².